The lowest BCUT2D eigenvalue weighted by molar-refractivity contribution is 0.108. The van der Waals surface area contributed by atoms with Crippen molar-refractivity contribution >= 4 is 5.82 Å². The Labute approximate surface area is 108 Å². The molecule has 5 heteroatoms. The molecule has 1 heterocycles. The van der Waals surface area contributed by atoms with E-state index in [2.05, 4.69) is 15.3 Å². The molecule has 0 aromatic carbocycles. The molecule has 0 spiro atoms. The third-order valence-electron chi connectivity index (χ3n) is 3.38. The molecule has 1 aromatic heterocycles. The molecule has 1 aliphatic carbocycles. The molecular formula is C13H21N3O2. The fourth-order valence-corrected chi connectivity index (χ4v) is 2.34. The molecular weight excluding hydrogens is 230 g/mol. The molecule has 18 heavy (non-hydrogen) atoms. The number of aromatic nitrogens is 2. The minimum absolute atomic E-state index is 0.371. The Morgan fingerprint density at radius 3 is 2.89 bits per heavy atom. The first-order valence-electron chi connectivity index (χ1n) is 6.48. The maximum absolute atomic E-state index is 5.47. The minimum Gasteiger partial charge on any atom is -0.478 e. The summed E-state index contributed by atoms with van der Waals surface area (Å²) in [6.07, 6.45) is 5.17. The Kier molecular flexibility index (Phi) is 4.36. The van der Waals surface area contributed by atoms with Gasteiger partial charge in [0.15, 0.2) is 0 Å². The summed E-state index contributed by atoms with van der Waals surface area (Å²) in [4.78, 5) is 8.43. The van der Waals surface area contributed by atoms with Gasteiger partial charge in [0.2, 0.25) is 5.88 Å². The van der Waals surface area contributed by atoms with Crippen molar-refractivity contribution in [1.82, 2.24) is 9.97 Å². The van der Waals surface area contributed by atoms with Gasteiger partial charge in [-0.25, -0.2) is 9.97 Å². The number of ether oxygens (including phenoxy) is 2. The molecule has 0 saturated heterocycles. The molecule has 0 aliphatic heterocycles. The molecule has 0 amide bonds. The van der Waals surface area contributed by atoms with Crippen molar-refractivity contribution in [2.24, 2.45) is 0 Å². The average molecular weight is 251 g/mol. The number of rotatable bonds is 5. The van der Waals surface area contributed by atoms with Crippen LogP contribution >= 0.6 is 0 Å². The molecule has 1 fully saturated rings. The summed E-state index contributed by atoms with van der Waals surface area (Å²) in [5, 5.41) is 3.46. The predicted molar refractivity (Wildman–Crippen MR) is 70.0 cm³/mol. The van der Waals surface area contributed by atoms with Gasteiger partial charge >= 0.3 is 0 Å². The monoisotopic (exact) mass is 251 g/mol. The summed E-state index contributed by atoms with van der Waals surface area (Å²) in [6, 6.07) is 0.429. The summed E-state index contributed by atoms with van der Waals surface area (Å²) < 4.78 is 10.8. The number of hydrogen-bond donors (Lipinski definition) is 1. The van der Waals surface area contributed by atoms with Gasteiger partial charge in [-0.2, -0.15) is 0 Å². The van der Waals surface area contributed by atoms with E-state index in [0.29, 0.717) is 24.6 Å². The highest BCUT2D eigenvalue weighted by atomic mass is 16.5. The number of anilines is 1. The highest BCUT2D eigenvalue weighted by Gasteiger charge is 2.25. The van der Waals surface area contributed by atoms with Crippen molar-refractivity contribution in [2.45, 2.75) is 45.3 Å². The molecule has 2 rings (SSSR count). The van der Waals surface area contributed by atoms with Gasteiger partial charge in [0.25, 0.3) is 0 Å². The first-order valence-corrected chi connectivity index (χ1v) is 6.48. The van der Waals surface area contributed by atoms with Gasteiger partial charge < -0.3 is 14.8 Å². The third-order valence-corrected chi connectivity index (χ3v) is 3.38. The maximum Gasteiger partial charge on any atom is 0.221 e. The van der Waals surface area contributed by atoms with E-state index in [4.69, 9.17) is 9.47 Å². The normalized spacial score (nSPS) is 23.1. The fourth-order valence-electron chi connectivity index (χ4n) is 2.34. The van der Waals surface area contributed by atoms with Crippen LogP contribution in [0.15, 0.2) is 6.33 Å². The van der Waals surface area contributed by atoms with Crippen molar-refractivity contribution in [2.75, 3.05) is 19.0 Å². The zero-order chi connectivity index (χ0) is 13.0. The molecule has 2 unspecified atom stereocenters. The van der Waals surface area contributed by atoms with Crippen LogP contribution in [0.1, 0.15) is 31.7 Å². The van der Waals surface area contributed by atoms with Gasteiger partial charge in [-0.1, -0.05) is 0 Å². The van der Waals surface area contributed by atoms with Crippen LogP contribution in [0.2, 0.25) is 0 Å². The van der Waals surface area contributed by atoms with E-state index < -0.39 is 0 Å². The molecule has 2 atom stereocenters. The summed E-state index contributed by atoms with van der Waals surface area (Å²) in [6.45, 7) is 4.55. The number of nitrogens with one attached hydrogen (secondary N) is 1. The minimum atomic E-state index is 0.371. The zero-order valence-electron chi connectivity index (χ0n) is 11.3. The van der Waals surface area contributed by atoms with Crippen molar-refractivity contribution in [3.63, 3.8) is 0 Å². The molecule has 1 aromatic rings. The molecule has 5 nitrogen and oxygen atoms in total. The van der Waals surface area contributed by atoms with Gasteiger partial charge in [0.1, 0.15) is 12.1 Å². The van der Waals surface area contributed by atoms with E-state index >= 15 is 0 Å². The van der Waals surface area contributed by atoms with E-state index in [-0.39, 0.29) is 0 Å². The van der Waals surface area contributed by atoms with Crippen LogP contribution in [-0.4, -0.2) is 35.8 Å². The van der Waals surface area contributed by atoms with Crippen molar-refractivity contribution in [3.05, 3.63) is 11.9 Å². The molecule has 1 N–H and O–H groups in total. The standard InChI is InChI=1S/C13H21N3O2/c1-4-18-13-9(2)12(14-8-15-13)16-10-5-6-11(7-10)17-3/h8,10-11H,4-7H2,1-3H3,(H,14,15,16). The van der Waals surface area contributed by atoms with Crippen molar-refractivity contribution in [1.29, 1.82) is 0 Å². The number of methoxy groups -OCH3 is 1. The Morgan fingerprint density at radius 1 is 1.39 bits per heavy atom. The van der Waals surface area contributed by atoms with Crippen LogP contribution in [0.25, 0.3) is 0 Å². The first-order chi connectivity index (χ1) is 8.74. The lowest BCUT2D eigenvalue weighted by Gasteiger charge is -2.16. The molecule has 100 valence electrons. The first kappa shape index (κ1) is 13.1. The van der Waals surface area contributed by atoms with Gasteiger partial charge in [-0.15, -0.1) is 0 Å². The topological polar surface area (TPSA) is 56.3 Å². The predicted octanol–water partition coefficient (Wildman–Crippen LogP) is 2.16. The highest BCUT2D eigenvalue weighted by molar-refractivity contribution is 5.48. The largest absolute Gasteiger partial charge is 0.478 e. The second kappa shape index (κ2) is 6.00. The SMILES string of the molecule is CCOc1ncnc(NC2CCC(OC)C2)c1C. The van der Waals surface area contributed by atoms with Crippen LogP contribution in [0.4, 0.5) is 5.82 Å². The van der Waals surface area contributed by atoms with Gasteiger partial charge in [-0.3, -0.25) is 0 Å². The average Bonchev–Trinajstić information content (AvgIpc) is 2.82. The highest BCUT2D eigenvalue weighted by Crippen LogP contribution is 2.27. The van der Waals surface area contributed by atoms with Crippen LogP contribution < -0.4 is 10.1 Å². The summed E-state index contributed by atoms with van der Waals surface area (Å²) in [5.41, 5.74) is 0.972. The fraction of sp³-hybridized carbons (Fsp3) is 0.692. The van der Waals surface area contributed by atoms with Crippen LogP contribution in [-0.2, 0) is 4.74 Å². The lowest BCUT2D eigenvalue weighted by Crippen LogP contribution is -2.19. The quantitative estimate of drug-likeness (QED) is 0.869. The van der Waals surface area contributed by atoms with E-state index in [1.807, 2.05) is 13.8 Å². The van der Waals surface area contributed by atoms with Gasteiger partial charge in [-0.05, 0) is 33.1 Å². The second-order valence-electron chi connectivity index (χ2n) is 4.60. The van der Waals surface area contributed by atoms with E-state index in [0.717, 1.165) is 30.6 Å². The smallest absolute Gasteiger partial charge is 0.221 e. The van der Waals surface area contributed by atoms with Crippen LogP contribution in [0.3, 0.4) is 0 Å². The number of nitrogens with zero attached hydrogens (tertiary/aromatic N) is 2. The molecule has 0 bridgehead atoms. The van der Waals surface area contributed by atoms with E-state index in [9.17, 15) is 0 Å². The Morgan fingerprint density at radius 2 is 2.22 bits per heavy atom. The Bertz CT molecular complexity index is 398. The second-order valence-corrected chi connectivity index (χ2v) is 4.60. The third kappa shape index (κ3) is 2.90. The summed E-state index contributed by atoms with van der Waals surface area (Å²) in [5.74, 6) is 1.53. The molecule has 0 radical (unpaired) electrons. The molecule has 1 aliphatic rings. The number of hydrogen-bond acceptors (Lipinski definition) is 5. The Balaban J connectivity index is 2.03. The van der Waals surface area contributed by atoms with Crippen molar-refractivity contribution < 1.29 is 9.47 Å². The van der Waals surface area contributed by atoms with E-state index in [1.165, 1.54) is 0 Å². The van der Waals surface area contributed by atoms with Gasteiger partial charge in [0, 0.05) is 13.2 Å². The Hall–Kier alpha value is -1.36. The van der Waals surface area contributed by atoms with Crippen LogP contribution in [0.5, 0.6) is 5.88 Å². The summed E-state index contributed by atoms with van der Waals surface area (Å²) >= 11 is 0. The maximum atomic E-state index is 5.47. The zero-order valence-corrected chi connectivity index (χ0v) is 11.3. The van der Waals surface area contributed by atoms with E-state index in [1.54, 1.807) is 13.4 Å². The molecule has 1 saturated carbocycles. The summed E-state index contributed by atoms with van der Waals surface area (Å²) in [7, 11) is 1.77. The lowest BCUT2D eigenvalue weighted by atomic mass is 10.2. The van der Waals surface area contributed by atoms with Gasteiger partial charge in [0.05, 0.1) is 18.3 Å². The van der Waals surface area contributed by atoms with Crippen LogP contribution in [0, 0.1) is 6.92 Å². The van der Waals surface area contributed by atoms with Crippen molar-refractivity contribution in [3.8, 4) is 5.88 Å².